The molecule has 2 saturated carbocycles. The molecule has 4 rings (SSSR count). The van der Waals surface area contributed by atoms with Crippen molar-refractivity contribution in [2.75, 3.05) is 4.72 Å². The van der Waals surface area contributed by atoms with Gasteiger partial charge in [0.25, 0.3) is 0 Å². The van der Waals surface area contributed by atoms with Crippen molar-refractivity contribution in [3.8, 4) is 5.75 Å². The molecule has 1 aromatic carbocycles. The van der Waals surface area contributed by atoms with Crippen molar-refractivity contribution in [2.45, 2.75) is 51.4 Å². The number of aryl methyl sites for hydroxylation is 1. The van der Waals surface area contributed by atoms with Gasteiger partial charge in [-0.25, -0.2) is 0 Å². The number of hydrogen-bond donors (Lipinski definition) is 2. The molecule has 0 aliphatic heterocycles. The molecule has 3 nitrogen and oxygen atoms in total. The second kappa shape index (κ2) is 5.83. The van der Waals surface area contributed by atoms with Crippen molar-refractivity contribution in [3.05, 3.63) is 23.3 Å². The van der Waals surface area contributed by atoms with Gasteiger partial charge in [-0.15, -0.1) is 0 Å². The van der Waals surface area contributed by atoms with Crippen LogP contribution in [0.25, 0.3) is 0 Å². The SMILES string of the molecule is CC12CCC3c4cc(NSI)c(O)cc4CCC3C1CCC2=O. The molecular weight excluding hydrogens is 421 g/mol. The number of aromatic hydroxyl groups is 1. The van der Waals surface area contributed by atoms with E-state index in [0.29, 0.717) is 29.3 Å². The first-order valence-electron chi connectivity index (χ1n) is 8.47. The number of rotatable bonds is 2. The van der Waals surface area contributed by atoms with Crippen LogP contribution < -0.4 is 4.72 Å². The van der Waals surface area contributed by atoms with Crippen molar-refractivity contribution < 1.29 is 9.90 Å². The monoisotopic (exact) mass is 443 g/mol. The molecule has 0 spiro atoms. The lowest BCUT2D eigenvalue weighted by Crippen LogP contribution is -2.42. The summed E-state index contributed by atoms with van der Waals surface area (Å²) in [7, 11) is 1.48. The van der Waals surface area contributed by atoms with Gasteiger partial charge in [-0.05, 0) is 73.1 Å². The molecule has 0 bridgehead atoms. The van der Waals surface area contributed by atoms with Crippen molar-refractivity contribution in [2.24, 2.45) is 17.3 Å². The first kappa shape index (κ1) is 16.1. The van der Waals surface area contributed by atoms with E-state index in [1.54, 1.807) is 0 Å². The Kier molecular flexibility index (Phi) is 4.07. The third-order valence-corrected chi connectivity index (χ3v) is 7.66. The van der Waals surface area contributed by atoms with Crippen LogP contribution in [0.15, 0.2) is 12.1 Å². The van der Waals surface area contributed by atoms with Crippen molar-refractivity contribution in [1.82, 2.24) is 0 Å². The van der Waals surface area contributed by atoms with Gasteiger partial charge in [0.15, 0.2) is 0 Å². The zero-order chi connectivity index (χ0) is 16.2. The van der Waals surface area contributed by atoms with Crippen molar-refractivity contribution in [3.63, 3.8) is 0 Å². The maximum Gasteiger partial charge on any atom is 0.139 e. The molecule has 4 atom stereocenters. The molecule has 2 N–H and O–H groups in total. The number of Topliss-reactive ketones (excluding diaryl/α,β-unsaturated/α-hetero) is 1. The molecule has 1 aromatic rings. The van der Waals surface area contributed by atoms with Gasteiger partial charge in [0.1, 0.15) is 11.5 Å². The Morgan fingerprint density at radius 3 is 2.91 bits per heavy atom. The van der Waals surface area contributed by atoms with Crippen molar-refractivity contribution in [1.29, 1.82) is 0 Å². The Labute approximate surface area is 153 Å². The zero-order valence-corrected chi connectivity index (χ0v) is 16.2. The highest BCUT2D eigenvalue weighted by molar-refractivity contribution is 14.2. The summed E-state index contributed by atoms with van der Waals surface area (Å²) < 4.78 is 3.18. The van der Waals surface area contributed by atoms with Gasteiger partial charge in [-0.3, -0.25) is 4.79 Å². The summed E-state index contributed by atoms with van der Waals surface area (Å²) in [5.74, 6) is 2.61. The minimum atomic E-state index is -0.0608. The largest absolute Gasteiger partial charge is 0.506 e. The van der Waals surface area contributed by atoms with Crippen LogP contribution in [0, 0.1) is 17.3 Å². The van der Waals surface area contributed by atoms with Crippen LogP contribution >= 0.6 is 30.3 Å². The van der Waals surface area contributed by atoms with Crippen molar-refractivity contribution >= 4 is 41.8 Å². The zero-order valence-electron chi connectivity index (χ0n) is 13.3. The Balaban J connectivity index is 1.71. The van der Waals surface area contributed by atoms with E-state index < -0.39 is 0 Å². The Bertz CT molecular complexity index is 665. The van der Waals surface area contributed by atoms with Crippen LogP contribution in [0.4, 0.5) is 5.69 Å². The van der Waals surface area contributed by atoms with Crippen LogP contribution in [-0.4, -0.2) is 10.9 Å². The Morgan fingerprint density at radius 1 is 1.30 bits per heavy atom. The number of nitrogens with one attached hydrogen (secondary N) is 1. The molecule has 2 fully saturated rings. The lowest BCUT2D eigenvalue weighted by atomic mass is 9.55. The molecule has 5 heteroatoms. The average Bonchev–Trinajstić information content (AvgIpc) is 2.84. The number of hydrogen-bond acceptors (Lipinski definition) is 4. The molecule has 0 aromatic heterocycles. The third-order valence-electron chi connectivity index (χ3n) is 6.70. The van der Waals surface area contributed by atoms with Crippen LogP contribution in [0.1, 0.15) is 56.1 Å². The smallest absolute Gasteiger partial charge is 0.139 e. The van der Waals surface area contributed by atoms with Crippen LogP contribution in [0.2, 0.25) is 0 Å². The van der Waals surface area contributed by atoms with Crippen LogP contribution in [0.3, 0.4) is 0 Å². The van der Waals surface area contributed by atoms with Gasteiger partial charge in [0.2, 0.25) is 0 Å². The standard InChI is InChI=1S/C18H22INO2S/c1-18-7-6-11-12(14(18)4-5-17(18)22)3-2-10-8-16(21)15(20-23-19)9-13(10)11/h8-9,11-12,14,20-21H,2-7H2,1H3. The Morgan fingerprint density at radius 2 is 2.13 bits per heavy atom. The molecule has 124 valence electrons. The second-order valence-corrected chi connectivity index (χ2v) is 9.26. The quantitative estimate of drug-likeness (QED) is 0.374. The normalized spacial score (nSPS) is 35.4. The molecule has 23 heavy (non-hydrogen) atoms. The number of phenolic OH excluding ortho intramolecular Hbond substituents is 1. The molecule has 3 aliphatic carbocycles. The first-order chi connectivity index (χ1) is 11.0. The van der Waals surface area contributed by atoms with Gasteiger partial charge in [-0.2, -0.15) is 0 Å². The summed E-state index contributed by atoms with van der Waals surface area (Å²) in [5.41, 5.74) is 3.48. The Hall–Kier alpha value is -0.430. The molecule has 0 amide bonds. The van der Waals surface area contributed by atoms with E-state index in [2.05, 4.69) is 38.9 Å². The number of carbonyl (C=O) groups excluding carboxylic acids is 1. The maximum absolute atomic E-state index is 12.4. The highest BCUT2D eigenvalue weighted by atomic mass is 127. The number of anilines is 1. The third kappa shape index (κ3) is 2.41. The highest BCUT2D eigenvalue weighted by Crippen LogP contribution is 2.60. The summed E-state index contributed by atoms with van der Waals surface area (Å²) in [6.45, 7) is 2.22. The number of benzene rings is 1. The topological polar surface area (TPSA) is 49.3 Å². The first-order valence-corrected chi connectivity index (χ1v) is 11.8. The molecule has 0 radical (unpaired) electrons. The van der Waals surface area contributed by atoms with Crippen LogP contribution in [0.5, 0.6) is 5.75 Å². The number of ketones is 1. The van der Waals surface area contributed by atoms with E-state index in [-0.39, 0.29) is 5.41 Å². The minimum Gasteiger partial charge on any atom is -0.506 e. The van der Waals surface area contributed by atoms with Gasteiger partial charge < -0.3 is 9.83 Å². The fourth-order valence-electron chi connectivity index (χ4n) is 5.50. The molecule has 0 saturated heterocycles. The van der Waals surface area contributed by atoms with Gasteiger partial charge in [-0.1, -0.05) is 6.92 Å². The van der Waals surface area contributed by atoms with Crippen LogP contribution in [-0.2, 0) is 11.2 Å². The maximum atomic E-state index is 12.4. The van der Waals surface area contributed by atoms with E-state index in [1.807, 2.05) is 6.07 Å². The van der Waals surface area contributed by atoms with E-state index in [9.17, 15) is 9.90 Å². The highest BCUT2D eigenvalue weighted by Gasteiger charge is 2.54. The summed E-state index contributed by atoms with van der Waals surface area (Å²) in [6, 6.07) is 4.11. The summed E-state index contributed by atoms with van der Waals surface area (Å²) in [4.78, 5) is 12.4. The fourth-order valence-corrected chi connectivity index (χ4v) is 6.46. The summed E-state index contributed by atoms with van der Waals surface area (Å²) in [5, 5.41) is 10.2. The molecule has 3 aliphatic rings. The molecule has 0 heterocycles. The average molecular weight is 443 g/mol. The van der Waals surface area contributed by atoms with Gasteiger partial charge >= 0.3 is 0 Å². The predicted octanol–water partition coefficient (Wildman–Crippen LogP) is 5.23. The number of carbonyl (C=O) groups is 1. The minimum absolute atomic E-state index is 0.0608. The van der Waals surface area contributed by atoms with E-state index >= 15 is 0 Å². The number of halogens is 1. The van der Waals surface area contributed by atoms with E-state index in [0.717, 1.165) is 37.8 Å². The lowest BCUT2D eigenvalue weighted by Gasteiger charge is -2.48. The molecule has 4 unspecified atom stereocenters. The summed E-state index contributed by atoms with van der Waals surface area (Å²) >= 11 is 2.18. The molecular formula is C18H22INO2S. The number of fused-ring (bicyclic) bond motifs is 5. The van der Waals surface area contributed by atoms with Gasteiger partial charge in [0, 0.05) is 42.2 Å². The summed E-state index contributed by atoms with van der Waals surface area (Å²) in [6.07, 6.45) is 6.20. The number of phenols is 1. The lowest BCUT2D eigenvalue weighted by molar-refractivity contribution is -0.129. The fraction of sp³-hybridized carbons (Fsp3) is 0.611. The second-order valence-electron chi connectivity index (χ2n) is 7.58. The van der Waals surface area contributed by atoms with Gasteiger partial charge in [0.05, 0.1) is 5.69 Å². The van der Waals surface area contributed by atoms with E-state index in [1.165, 1.54) is 26.7 Å². The predicted molar refractivity (Wildman–Crippen MR) is 103 cm³/mol. The van der Waals surface area contributed by atoms with E-state index in [4.69, 9.17) is 0 Å².